The van der Waals surface area contributed by atoms with Crippen LogP contribution in [-0.2, 0) is 25.7 Å². The Morgan fingerprint density at radius 2 is 1.79 bits per heavy atom. The van der Waals surface area contributed by atoms with Crippen LogP contribution >= 0.6 is 11.6 Å². The maximum absolute atomic E-state index is 13.5. The molecule has 0 radical (unpaired) electrons. The van der Waals surface area contributed by atoms with Crippen molar-refractivity contribution in [3.8, 4) is 0 Å². The molecule has 1 saturated heterocycles. The molecule has 1 N–H and O–H groups in total. The topological polar surface area (TPSA) is 81.7 Å². The van der Waals surface area contributed by atoms with Gasteiger partial charge in [0.15, 0.2) is 12.6 Å². The summed E-state index contributed by atoms with van der Waals surface area (Å²) in [7, 11) is 1.28. The minimum absolute atomic E-state index is 0.127. The number of anilines is 1. The zero-order valence-corrected chi connectivity index (χ0v) is 20.7. The standard InChI is InChI=1S/C26H31ClN2O5/c1-4-22(25(31)28-24-18(2)14-20(27)15-21(24)26(32)33-3)29(12-8-9-13-29)16-23(30)34-17-19-10-6-5-7-11-19/h5-7,10-11,14-15,22H,4,8-9,12-13,16-17H2,1-3H3/p+1. The molecule has 2 aromatic carbocycles. The average molecular weight is 488 g/mol. The van der Waals surface area contributed by atoms with Crippen LogP contribution in [-0.4, -0.2) is 55.1 Å². The quantitative estimate of drug-likeness (QED) is 0.416. The number of amides is 1. The molecule has 2 aromatic rings. The lowest BCUT2D eigenvalue weighted by Crippen LogP contribution is -2.60. The van der Waals surface area contributed by atoms with Gasteiger partial charge in [-0.05, 0) is 30.2 Å². The Bertz CT molecular complexity index is 1030. The largest absolute Gasteiger partial charge is 0.465 e. The summed E-state index contributed by atoms with van der Waals surface area (Å²) in [5.74, 6) is -1.14. The molecule has 182 valence electrons. The third kappa shape index (κ3) is 5.96. The van der Waals surface area contributed by atoms with Gasteiger partial charge in [0.2, 0.25) is 0 Å². The number of carbonyl (C=O) groups is 3. The maximum Gasteiger partial charge on any atom is 0.362 e. The number of likely N-dealkylation sites (tertiary alicyclic amines) is 1. The zero-order valence-electron chi connectivity index (χ0n) is 19.9. The zero-order chi connectivity index (χ0) is 24.7. The molecule has 1 heterocycles. The van der Waals surface area contributed by atoms with Crippen molar-refractivity contribution in [2.45, 2.75) is 45.8 Å². The van der Waals surface area contributed by atoms with Crippen molar-refractivity contribution in [2.75, 3.05) is 32.1 Å². The molecule has 1 unspecified atom stereocenters. The first-order valence-corrected chi connectivity index (χ1v) is 11.9. The molecule has 0 aromatic heterocycles. The van der Waals surface area contributed by atoms with Gasteiger partial charge in [-0.25, -0.2) is 9.59 Å². The van der Waals surface area contributed by atoms with Crippen molar-refractivity contribution in [1.29, 1.82) is 0 Å². The first kappa shape index (κ1) is 25.7. The van der Waals surface area contributed by atoms with Crippen LogP contribution in [0.4, 0.5) is 5.69 Å². The van der Waals surface area contributed by atoms with E-state index < -0.39 is 12.0 Å². The van der Waals surface area contributed by atoms with E-state index in [2.05, 4.69) is 5.32 Å². The second-order valence-electron chi connectivity index (χ2n) is 8.73. The molecule has 1 aliphatic heterocycles. The summed E-state index contributed by atoms with van der Waals surface area (Å²) in [6, 6.07) is 12.2. The highest BCUT2D eigenvalue weighted by Crippen LogP contribution is 2.30. The number of hydrogen-bond acceptors (Lipinski definition) is 5. The van der Waals surface area contributed by atoms with E-state index in [0.717, 1.165) is 31.5 Å². The second kappa shape index (κ2) is 11.5. The Hall–Kier alpha value is -2.90. The lowest BCUT2D eigenvalue weighted by atomic mass is 10.1. The van der Waals surface area contributed by atoms with Gasteiger partial charge < -0.3 is 19.3 Å². The molecular weight excluding hydrogens is 456 g/mol. The molecule has 3 rings (SSSR count). The first-order valence-electron chi connectivity index (χ1n) is 11.5. The van der Waals surface area contributed by atoms with Crippen LogP contribution in [0.3, 0.4) is 0 Å². The highest BCUT2D eigenvalue weighted by Gasteiger charge is 2.45. The van der Waals surface area contributed by atoms with Crippen molar-refractivity contribution in [3.05, 3.63) is 64.2 Å². The number of rotatable bonds is 9. The second-order valence-corrected chi connectivity index (χ2v) is 9.16. The van der Waals surface area contributed by atoms with Crippen LogP contribution in [0.1, 0.15) is 47.7 Å². The monoisotopic (exact) mass is 487 g/mol. The number of esters is 2. The number of ether oxygens (including phenoxy) is 2. The predicted molar refractivity (Wildman–Crippen MR) is 131 cm³/mol. The van der Waals surface area contributed by atoms with Gasteiger partial charge in [-0.2, -0.15) is 0 Å². The van der Waals surface area contributed by atoms with E-state index in [-0.39, 0.29) is 30.6 Å². The number of methoxy groups -OCH3 is 1. The number of quaternary nitrogens is 1. The van der Waals surface area contributed by atoms with E-state index in [1.54, 1.807) is 13.0 Å². The fraction of sp³-hybridized carbons (Fsp3) is 0.423. The molecule has 8 heteroatoms. The van der Waals surface area contributed by atoms with Crippen LogP contribution < -0.4 is 5.32 Å². The number of aryl methyl sites for hydroxylation is 1. The third-order valence-electron chi connectivity index (χ3n) is 6.45. The third-order valence-corrected chi connectivity index (χ3v) is 6.67. The fourth-order valence-electron chi connectivity index (χ4n) is 4.79. The molecule has 0 bridgehead atoms. The van der Waals surface area contributed by atoms with E-state index in [1.165, 1.54) is 13.2 Å². The van der Waals surface area contributed by atoms with Gasteiger partial charge in [-0.1, -0.05) is 48.9 Å². The smallest absolute Gasteiger partial charge is 0.362 e. The minimum atomic E-state index is -0.580. The Morgan fingerprint density at radius 3 is 2.41 bits per heavy atom. The number of nitrogens with zero attached hydrogens (tertiary/aromatic N) is 1. The van der Waals surface area contributed by atoms with Crippen molar-refractivity contribution in [1.82, 2.24) is 0 Å². The van der Waals surface area contributed by atoms with Crippen LogP contribution in [0.25, 0.3) is 0 Å². The number of benzene rings is 2. The molecule has 0 saturated carbocycles. The molecule has 34 heavy (non-hydrogen) atoms. The van der Waals surface area contributed by atoms with Crippen LogP contribution in [0.5, 0.6) is 0 Å². The van der Waals surface area contributed by atoms with Gasteiger partial charge in [0, 0.05) is 24.3 Å². The minimum Gasteiger partial charge on any atom is -0.465 e. The van der Waals surface area contributed by atoms with Crippen molar-refractivity contribution >= 4 is 35.1 Å². The van der Waals surface area contributed by atoms with Crippen molar-refractivity contribution in [2.24, 2.45) is 0 Å². The normalized spacial score (nSPS) is 15.4. The van der Waals surface area contributed by atoms with E-state index in [4.69, 9.17) is 21.1 Å². The summed E-state index contributed by atoms with van der Waals surface area (Å²) in [6.45, 7) is 5.48. The summed E-state index contributed by atoms with van der Waals surface area (Å²) >= 11 is 6.13. The highest BCUT2D eigenvalue weighted by atomic mass is 35.5. The summed E-state index contributed by atoms with van der Waals surface area (Å²) < 4.78 is 10.8. The lowest BCUT2D eigenvalue weighted by molar-refractivity contribution is -0.924. The van der Waals surface area contributed by atoms with E-state index >= 15 is 0 Å². The molecular formula is C26H32ClN2O5+. The Balaban J connectivity index is 1.79. The van der Waals surface area contributed by atoms with Gasteiger partial charge in [0.05, 0.1) is 31.5 Å². The average Bonchev–Trinajstić information content (AvgIpc) is 3.28. The van der Waals surface area contributed by atoms with E-state index in [9.17, 15) is 14.4 Å². The van der Waals surface area contributed by atoms with Gasteiger partial charge in [0.25, 0.3) is 5.91 Å². The SMILES string of the molecule is CCC(C(=O)Nc1c(C)cc(Cl)cc1C(=O)OC)[N+]1(CC(=O)OCc2ccccc2)CCCC1. The summed E-state index contributed by atoms with van der Waals surface area (Å²) in [4.78, 5) is 38.7. The highest BCUT2D eigenvalue weighted by molar-refractivity contribution is 6.31. The van der Waals surface area contributed by atoms with E-state index in [1.807, 2.05) is 37.3 Å². The van der Waals surface area contributed by atoms with Crippen LogP contribution in [0.15, 0.2) is 42.5 Å². The van der Waals surface area contributed by atoms with Crippen LogP contribution in [0, 0.1) is 6.92 Å². The van der Waals surface area contributed by atoms with Crippen molar-refractivity contribution < 1.29 is 28.3 Å². The number of nitrogens with one attached hydrogen (secondary N) is 1. The molecule has 1 fully saturated rings. The number of hydrogen-bond donors (Lipinski definition) is 1. The fourth-order valence-corrected chi connectivity index (χ4v) is 5.07. The maximum atomic E-state index is 13.5. The van der Waals surface area contributed by atoms with E-state index in [0.29, 0.717) is 27.2 Å². The Morgan fingerprint density at radius 1 is 1.12 bits per heavy atom. The Kier molecular flexibility index (Phi) is 8.69. The van der Waals surface area contributed by atoms with Gasteiger partial charge in [-0.15, -0.1) is 0 Å². The molecule has 1 amide bonds. The van der Waals surface area contributed by atoms with Crippen LogP contribution in [0.2, 0.25) is 5.02 Å². The molecule has 1 atom stereocenters. The lowest BCUT2D eigenvalue weighted by Gasteiger charge is -2.39. The van der Waals surface area contributed by atoms with Gasteiger partial charge in [0.1, 0.15) is 6.61 Å². The molecule has 7 nitrogen and oxygen atoms in total. The summed E-state index contributed by atoms with van der Waals surface area (Å²) in [5.41, 5.74) is 2.16. The first-order chi connectivity index (χ1) is 16.3. The van der Waals surface area contributed by atoms with Gasteiger partial charge in [-0.3, -0.25) is 4.79 Å². The molecule has 0 spiro atoms. The number of carbonyl (C=O) groups excluding carboxylic acids is 3. The molecule has 0 aliphatic carbocycles. The van der Waals surface area contributed by atoms with Gasteiger partial charge >= 0.3 is 11.9 Å². The van der Waals surface area contributed by atoms with Crippen molar-refractivity contribution in [3.63, 3.8) is 0 Å². The summed E-state index contributed by atoms with van der Waals surface area (Å²) in [5, 5.41) is 3.32. The number of halogens is 1. The summed E-state index contributed by atoms with van der Waals surface area (Å²) in [6.07, 6.45) is 2.41. The predicted octanol–water partition coefficient (Wildman–Crippen LogP) is 4.51. The molecule has 1 aliphatic rings. The Labute approximate surface area is 205 Å².